The van der Waals surface area contributed by atoms with Crippen molar-refractivity contribution >= 4 is 10.9 Å². The maximum Gasteiger partial charge on any atom is 0.407 e. The third-order valence-corrected chi connectivity index (χ3v) is 5.16. The van der Waals surface area contributed by atoms with Gasteiger partial charge in [-0.25, -0.2) is 4.39 Å². The molecule has 144 valence electrons. The van der Waals surface area contributed by atoms with Crippen molar-refractivity contribution in [1.82, 2.24) is 4.57 Å². The van der Waals surface area contributed by atoms with Gasteiger partial charge in [0.05, 0.1) is 0 Å². The standard InChI is InChI=1S/C20H26F4N2/c1-19(2,3)11-26-10-15(18(25)20(22,23)24)14-8-16(21)13(9-17(14)26)12-6-4-5-7-12/h8-10,12,18H,4-7,11,25H2,1-3H3/t18-/m0/s1. The Balaban J connectivity index is 2.18. The summed E-state index contributed by atoms with van der Waals surface area (Å²) >= 11 is 0. The lowest BCUT2D eigenvalue weighted by Gasteiger charge is -2.20. The molecule has 2 nitrogen and oxygen atoms in total. The minimum absolute atomic E-state index is 0.0615. The Morgan fingerprint density at radius 2 is 1.77 bits per heavy atom. The summed E-state index contributed by atoms with van der Waals surface area (Å²) in [6.45, 7) is 6.58. The highest BCUT2D eigenvalue weighted by molar-refractivity contribution is 5.85. The van der Waals surface area contributed by atoms with Gasteiger partial charge in [-0.3, -0.25) is 0 Å². The van der Waals surface area contributed by atoms with E-state index >= 15 is 0 Å². The van der Waals surface area contributed by atoms with Gasteiger partial charge in [0.15, 0.2) is 0 Å². The fourth-order valence-electron chi connectivity index (χ4n) is 3.97. The Labute approximate surface area is 151 Å². The summed E-state index contributed by atoms with van der Waals surface area (Å²) in [5, 5.41) is 0.262. The normalized spacial score (nSPS) is 18.0. The first-order valence-electron chi connectivity index (χ1n) is 9.12. The Morgan fingerprint density at radius 1 is 1.15 bits per heavy atom. The highest BCUT2D eigenvalue weighted by Crippen LogP contribution is 2.41. The number of benzene rings is 1. The largest absolute Gasteiger partial charge is 0.407 e. The first-order valence-corrected chi connectivity index (χ1v) is 9.12. The van der Waals surface area contributed by atoms with E-state index in [1.165, 1.54) is 12.3 Å². The van der Waals surface area contributed by atoms with Gasteiger partial charge >= 0.3 is 6.18 Å². The number of hydrogen-bond acceptors (Lipinski definition) is 1. The molecule has 0 saturated heterocycles. The van der Waals surface area contributed by atoms with E-state index in [-0.39, 0.29) is 22.3 Å². The second-order valence-corrected chi connectivity index (χ2v) is 8.66. The van der Waals surface area contributed by atoms with Crippen LogP contribution in [-0.4, -0.2) is 10.7 Å². The number of fused-ring (bicyclic) bond motifs is 1. The van der Waals surface area contributed by atoms with Crippen LogP contribution in [0.25, 0.3) is 10.9 Å². The minimum atomic E-state index is -4.57. The van der Waals surface area contributed by atoms with Gasteiger partial charge in [-0.2, -0.15) is 13.2 Å². The quantitative estimate of drug-likeness (QED) is 0.656. The molecular weight excluding hydrogens is 344 g/mol. The summed E-state index contributed by atoms with van der Waals surface area (Å²) in [5.41, 5.74) is 6.53. The minimum Gasteiger partial charge on any atom is -0.347 e. The van der Waals surface area contributed by atoms with E-state index in [1.54, 1.807) is 10.6 Å². The fourth-order valence-corrected chi connectivity index (χ4v) is 3.97. The van der Waals surface area contributed by atoms with Crippen LogP contribution in [0.1, 0.15) is 69.5 Å². The van der Waals surface area contributed by atoms with Crippen molar-refractivity contribution in [2.24, 2.45) is 11.1 Å². The number of rotatable bonds is 3. The van der Waals surface area contributed by atoms with Crippen molar-refractivity contribution in [2.75, 3.05) is 0 Å². The first kappa shape index (κ1) is 19.2. The molecule has 1 aliphatic carbocycles. The number of nitrogens with zero attached hydrogens (tertiary/aromatic N) is 1. The Kier molecular flexibility index (Phi) is 4.84. The Bertz CT molecular complexity index is 793. The van der Waals surface area contributed by atoms with Crippen LogP contribution in [0.2, 0.25) is 0 Å². The average molecular weight is 370 g/mol. The van der Waals surface area contributed by atoms with Crippen molar-refractivity contribution in [3.63, 3.8) is 0 Å². The topological polar surface area (TPSA) is 30.9 Å². The molecule has 0 aliphatic heterocycles. The maximum atomic E-state index is 14.7. The molecule has 2 N–H and O–H groups in total. The third-order valence-electron chi connectivity index (χ3n) is 5.16. The molecule has 1 heterocycles. The van der Waals surface area contributed by atoms with Crippen LogP contribution in [0.5, 0.6) is 0 Å². The van der Waals surface area contributed by atoms with Crippen molar-refractivity contribution < 1.29 is 17.6 Å². The monoisotopic (exact) mass is 370 g/mol. The first-order chi connectivity index (χ1) is 12.0. The summed E-state index contributed by atoms with van der Waals surface area (Å²) < 4.78 is 56.1. The van der Waals surface area contributed by atoms with Crippen LogP contribution in [0.3, 0.4) is 0 Å². The molecule has 0 radical (unpaired) electrons. The van der Waals surface area contributed by atoms with Crippen molar-refractivity contribution in [3.05, 3.63) is 35.3 Å². The molecule has 0 unspecified atom stereocenters. The molecule has 1 fully saturated rings. The van der Waals surface area contributed by atoms with Gasteiger partial charge in [0.25, 0.3) is 0 Å². The SMILES string of the molecule is CC(C)(C)Cn1cc([C@H](N)C(F)(F)F)c2cc(F)c(C3CCCC3)cc21. The molecule has 1 atom stereocenters. The van der Waals surface area contributed by atoms with Crippen LogP contribution in [-0.2, 0) is 6.54 Å². The van der Waals surface area contributed by atoms with Crippen molar-refractivity contribution in [2.45, 2.75) is 71.1 Å². The van der Waals surface area contributed by atoms with Crippen molar-refractivity contribution in [3.8, 4) is 0 Å². The van der Waals surface area contributed by atoms with Gasteiger partial charge < -0.3 is 10.3 Å². The molecule has 3 rings (SSSR count). The summed E-state index contributed by atoms with van der Waals surface area (Å²) in [6.07, 6.45) is 0.868. The number of hydrogen-bond donors (Lipinski definition) is 1. The smallest absolute Gasteiger partial charge is 0.347 e. The molecule has 0 bridgehead atoms. The summed E-state index contributed by atoms with van der Waals surface area (Å²) in [7, 11) is 0. The van der Waals surface area contributed by atoms with E-state index in [2.05, 4.69) is 0 Å². The van der Waals surface area contributed by atoms with Crippen LogP contribution >= 0.6 is 0 Å². The van der Waals surface area contributed by atoms with Gasteiger partial charge in [0, 0.05) is 29.2 Å². The molecule has 1 aliphatic rings. The van der Waals surface area contributed by atoms with E-state index < -0.39 is 18.0 Å². The number of alkyl halides is 3. The van der Waals surface area contributed by atoms with E-state index in [4.69, 9.17) is 5.73 Å². The summed E-state index contributed by atoms with van der Waals surface area (Å²) in [5.74, 6) is -0.273. The van der Waals surface area contributed by atoms with E-state index in [1.807, 2.05) is 20.8 Å². The molecule has 1 aromatic heterocycles. The van der Waals surface area contributed by atoms with Gasteiger partial charge in [0.1, 0.15) is 11.9 Å². The van der Waals surface area contributed by atoms with Gasteiger partial charge in [0.2, 0.25) is 0 Å². The molecule has 0 amide bonds. The lowest BCUT2D eigenvalue weighted by atomic mass is 9.94. The van der Waals surface area contributed by atoms with Crippen LogP contribution < -0.4 is 5.73 Å². The zero-order valence-corrected chi connectivity index (χ0v) is 15.5. The van der Waals surface area contributed by atoms with Gasteiger partial charge in [-0.05, 0) is 41.9 Å². The maximum absolute atomic E-state index is 14.7. The molecular formula is C20H26F4N2. The van der Waals surface area contributed by atoms with E-state index in [0.29, 0.717) is 17.6 Å². The number of aromatic nitrogens is 1. The van der Waals surface area contributed by atoms with E-state index in [0.717, 1.165) is 25.7 Å². The molecule has 1 aromatic carbocycles. The molecule has 2 aromatic rings. The van der Waals surface area contributed by atoms with Crippen molar-refractivity contribution in [1.29, 1.82) is 0 Å². The zero-order valence-electron chi connectivity index (χ0n) is 15.5. The van der Waals surface area contributed by atoms with Crippen LogP contribution in [0.4, 0.5) is 17.6 Å². The molecule has 6 heteroatoms. The second-order valence-electron chi connectivity index (χ2n) is 8.66. The average Bonchev–Trinajstić information content (AvgIpc) is 3.12. The summed E-state index contributed by atoms with van der Waals surface area (Å²) in [6, 6.07) is 0.880. The highest BCUT2D eigenvalue weighted by Gasteiger charge is 2.40. The second kappa shape index (κ2) is 6.55. The van der Waals surface area contributed by atoms with Gasteiger partial charge in [-0.15, -0.1) is 0 Å². The highest BCUT2D eigenvalue weighted by atomic mass is 19.4. The number of nitrogens with two attached hydrogens (primary N) is 1. The lowest BCUT2D eigenvalue weighted by molar-refractivity contribution is -0.148. The molecule has 1 saturated carbocycles. The number of halogens is 4. The lowest BCUT2D eigenvalue weighted by Crippen LogP contribution is -2.28. The third kappa shape index (κ3) is 3.75. The predicted octanol–water partition coefficient (Wildman–Crippen LogP) is 6.05. The van der Waals surface area contributed by atoms with E-state index in [9.17, 15) is 17.6 Å². The predicted molar refractivity (Wildman–Crippen MR) is 95.5 cm³/mol. The summed E-state index contributed by atoms with van der Waals surface area (Å²) in [4.78, 5) is 0. The van der Waals surface area contributed by atoms with Crippen LogP contribution in [0.15, 0.2) is 18.3 Å². The Hall–Kier alpha value is -1.56. The zero-order chi connectivity index (χ0) is 19.3. The molecule has 26 heavy (non-hydrogen) atoms. The van der Waals surface area contributed by atoms with Gasteiger partial charge in [-0.1, -0.05) is 33.6 Å². The fraction of sp³-hybridized carbons (Fsp3) is 0.600. The molecule has 0 spiro atoms. The van der Waals surface area contributed by atoms with Crippen LogP contribution in [0, 0.1) is 11.2 Å². The Morgan fingerprint density at radius 3 is 2.31 bits per heavy atom.